The minimum absolute atomic E-state index is 0.0429. The van der Waals surface area contributed by atoms with Crippen molar-refractivity contribution in [2.24, 2.45) is 0 Å². The molecule has 0 aliphatic heterocycles. The van der Waals surface area contributed by atoms with Gasteiger partial charge in [0.2, 0.25) is 0 Å². The van der Waals surface area contributed by atoms with Crippen molar-refractivity contribution in [1.82, 2.24) is 0 Å². The molecule has 0 amide bonds. The summed E-state index contributed by atoms with van der Waals surface area (Å²) in [5.41, 5.74) is 0. The molecule has 1 aliphatic carbocycles. The number of sulfone groups is 1. The third kappa shape index (κ3) is 2.08. The van der Waals surface area contributed by atoms with E-state index in [4.69, 9.17) is 10.00 Å². The van der Waals surface area contributed by atoms with Gasteiger partial charge in [-0.3, -0.25) is 0 Å². The first kappa shape index (κ1) is 12.9. The van der Waals surface area contributed by atoms with Crippen LogP contribution < -0.4 is 4.74 Å². The predicted octanol–water partition coefficient (Wildman–Crippen LogP) is 2.30. The second-order valence-corrected chi connectivity index (χ2v) is 7.01. The number of rotatable bonds is 4. The van der Waals surface area contributed by atoms with Gasteiger partial charge in [-0.15, -0.1) is 0 Å². The Morgan fingerprint density at radius 1 is 1.28 bits per heavy atom. The lowest BCUT2D eigenvalue weighted by atomic mass is 10.3. The standard InChI is InChI=1S/C13H15NO3S/c1-10(2)17-11-3-5-12(6-4-11)18(15,16)13(9-14)7-8-13/h3-6,10H,7-8H2,1-2H3. The van der Waals surface area contributed by atoms with Crippen molar-refractivity contribution in [3.8, 4) is 11.8 Å². The Bertz CT molecular complexity index is 578. The SMILES string of the molecule is CC(C)Oc1ccc(S(=O)(=O)C2(C#N)CC2)cc1. The van der Waals surface area contributed by atoms with Crippen molar-refractivity contribution >= 4 is 9.84 Å². The highest BCUT2D eigenvalue weighted by Crippen LogP contribution is 2.46. The molecule has 1 aromatic rings. The normalized spacial score (nSPS) is 17.2. The van der Waals surface area contributed by atoms with Crippen LogP contribution >= 0.6 is 0 Å². The van der Waals surface area contributed by atoms with Gasteiger partial charge in [0.05, 0.1) is 17.1 Å². The van der Waals surface area contributed by atoms with Gasteiger partial charge in [0.15, 0.2) is 14.6 Å². The zero-order chi connectivity index (χ0) is 13.4. The topological polar surface area (TPSA) is 67.2 Å². The number of ether oxygens (including phenoxy) is 1. The van der Waals surface area contributed by atoms with Crippen molar-refractivity contribution in [2.45, 2.75) is 42.4 Å². The Morgan fingerprint density at radius 3 is 2.22 bits per heavy atom. The van der Waals surface area contributed by atoms with E-state index in [2.05, 4.69) is 0 Å². The lowest BCUT2D eigenvalue weighted by Gasteiger charge is -2.11. The van der Waals surface area contributed by atoms with Crippen LogP contribution in [-0.2, 0) is 9.84 Å². The van der Waals surface area contributed by atoms with Gasteiger partial charge in [-0.05, 0) is 51.0 Å². The molecule has 5 heteroatoms. The van der Waals surface area contributed by atoms with E-state index in [1.165, 1.54) is 12.1 Å². The Balaban J connectivity index is 2.28. The van der Waals surface area contributed by atoms with E-state index in [0.29, 0.717) is 18.6 Å². The zero-order valence-electron chi connectivity index (χ0n) is 10.4. The van der Waals surface area contributed by atoms with E-state index in [1.807, 2.05) is 19.9 Å². The van der Waals surface area contributed by atoms with Gasteiger partial charge in [-0.2, -0.15) is 5.26 Å². The second-order valence-electron chi connectivity index (χ2n) is 4.75. The molecule has 0 atom stereocenters. The highest BCUT2D eigenvalue weighted by molar-refractivity contribution is 7.93. The van der Waals surface area contributed by atoms with Crippen LogP contribution in [-0.4, -0.2) is 19.3 Å². The molecule has 0 saturated heterocycles. The van der Waals surface area contributed by atoms with Crippen molar-refractivity contribution in [1.29, 1.82) is 5.26 Å². The number of benzene rings is 1. The van der Waals surface area contributed by atoms with E-state index in [-0.39, 0.29) is 11.0 Å². The maximum absolute atomic E-state index is 12.2. The number of nitrogens with zero attached hydrogens (tertiary/aromatic N) is 1. The first-order valence-electron chi connectivity index (χ1n) is 5.84. The summed E-state index contributed by atoms with van der Waals surface area (Å²) in [5.74, 6) is 0.630. The van der Waals surface area contributed by atoms with Crippen molar-refractivity contribution in [2.75, 3.05) is 0 Å². The molecule has 0 bridgehead atoms. The minimum Gasteiger partial charge on any atom is -0.491 e. The highest BCUT2D eigenvalue weighted by Gasteiger charge is 2.55. The Hall–Kier alpha value is -1.54. The van der Waals surface area contributed by atoms with Crippen LogP contribution in [0.25, 0.3) is 0 Å². The zero-order valence-corrected chi connectivity index (χ0v) is 11.2. The monoisotopic (exact) mass is 265 g/mol. The third-order valence-electron chi connectivity index (χ3n) is 2.93. The molecule has 4 nitrogen and oxygen atoms in total. The van der Waals surface area contributed by atoms with Crippen LogP contribution in [0.2, 0.25) is 0 Å². The molecule has 0 heterocycles. The van der Waals surface area contributed by atoms with E-state index >= 15 is 0 Å². The lowest BCUT2D eigenvalue weighted by molar-refractivity contribution is 0.242. The van der Waals surface area contributed by atoms with E-state index in [1.54, 1.807) is 12.1 Å². The fraction of sp³-hybridized carbons (Fsp3) is 0.462. The molecule has 2 rings (SSSR count). The van der Waals surface area contributed by atoms with Crippen molar-refractivity contribution < 1.29 is 13.2 Å². The van der Waals surface area contributed by atoms with Crippen LogP contribution in [0, 0.1) is 11.3 Å². The molecule has 1 aromatic carbocycles. The van der Waals surface area contributed by atoms with Crippen LogP contribution in [0.15, 0.2) is 29.2 Å². The average molecular weight is 265 g/mol. The summed E-state index contributed by atoms with van der Waals surface area (Å²) in [4.78, 5) is 0.192. The summed E-state index contributed by atoms with van der Waals surface area (Å²) < 4.78 is 28.7. The molecule has 0 aromatic heterocycles. The lowest BCUT2D eigenvalue weighted by Crippen LogP contribution is -2.21. The van der Waals surface area contributed by atoms with Gasteiger partial charge in [0, 0.05) is 0 Å². The smallest absolute Gasteiger partial charge is 0.197 e. The van der Waals surface area contributed by atoms with Gasteiger partial charge in [-0.1, -0.05) is 0 Å². The summed E-state index contributed by atoms with van der Waals surface area (Å²) in [5, 5.41) is 8.97. The molecular weight excluding hydrogens is 250 g/mol. The third-order valence-corrected chi connectivity index (χ3v) is 5.35. The summed E-state index contributed by atoms with van der Waals surface area (Å²) in [6.45, 7) is 3.80. The van der Waals surface area contributed by atoms with Gasteiger partial charge in [0.25, 0.3) is 0 Å². The number of nitriles is 1. The molecule has 0 spiro atoms. The maximum Gasteiger partial charge on any atom is 0.197 e. The molecule has 1 fully saturated rings. The summed E-state index contributed by atoms with van der Waals surface area (Å²) in [6.07, 6.45) is 0.896. The van der Waals surface area contributed by atoms with E-state index < -0.39 is 14.6 Å². The fourth-order valence-electron chi connectivity index (χ4n) is 1.75. The van der Waals surface area contributed by atoms with Crippen LogP contribution in [0.3, 0.4) is 0 Å². The molecule has 1 aliphatic rings. The minimum atomic E-state index is -3.54. The average Bonchev–Trinajstić information content (AvgIpc) is 3.10. The first-order valence-corrected chi connectivity index (χ1v) is 7.32. The molecule has 0 radical (unpaired) electrons. The molecule has 0 N–H and O–H groups in total. The number of hydrogen-bond donors (Lipinski definition) is 0. The Morgan fingerprint density at radius 2 is 1.83 bits per heavy atom. The van der Waals surface area contributed by atoms with Gasteiger partial charge >= 0.3 is 0 Å². The number of hydrogen-bond acceptors (Lipinski definition) is 4. The molecule has 18 heavy (non-hydrogen) atoms. The van der Waals surface area contributed by atoms with E-state index in [9.17, 15) is 8.42 Å². The fourth-order valence-corrected chi connectivity index (χ4v) is 3.45. The van der Waals surface area contributed by atoms with Crippen LogP contribution in [0.5, 0.6) is 5.75 Å². The Labute approximate surface area is 107 Å². The second kappa shape index (κ2) is 4.29. The predicted molar refractivity (Wildman–Crippen MR) is 67.0 cm³/mol. The quantitative estimate of drug-likeness (QED) is 0.837. The van der Waals surface area contributed by atoms with Crippen LogP contribution in [0.4, 0.5) is 0 Å². The van der Waals surface area contributed by atoms with Crippen molar-refractivity contribution in [3.63, 3.8) is 0 Å². The van der Waals surface area contributed by atoms with Gasteiger partial charge in [-0.25, -0.2) is 8.42 Å². The highest BCUT2D eigenvalue weighted by atomic mass is 32.2. The molecular formula is C13H15NO3S. The molecule has 1 saturated carbocycles. The largest absolute Gasteiger partial charge is 0.491 e. The molecule has 96 valence electrons. The van der Waals surface area contributed by atoms with Gasteiger partial charge < -0.3 is 4.74 Å². The maximum atomic E-state index is 12.2. The van der Waals surface area contributed by atoms with Gasteiger partial charge in [0.1, 0.15) is 5.75 Å². The van der Waals surface area contributed by atoms with Crippen molar-refractivity contribution in [3.05, 3.63) is 24.3 Å². The Kier molecular flexibility index (Phi) is 3.07. The summed E-state index contributed by atoms with van der Waals surface area (Å²) in [6, 6.07) is 8.18. The summed E-state index contributed by atoms with van der Waals surface area (Å²) in [7, 11) is -3.54. The summed E-state index contributed by atoms with van der Waals surface area (Å²) >= 11 is 0. The van der Waals surface area contributed by atoms with Crippen LogP contribution in [0.1, 0.15) is 26.7 Å². The van der Waals surface area contributed by atoms with E-state index in [0.717, 1.165) is 0 Å². The molecule has 0 unspecified atom stereocenters. The first-order chi connectivity index (χ1) is 8.41.